The lowest BCUT2D eigenvalue weighted by Gasteiger charge is -2.06. The third-order valence-electron chi connectivity index (χ3n) is 2.72. The number of hydrogen-bond donors (Lipinski definition) is 2. The molecule has 2 rings (SSSR count). The summed E-state index contributed by atoms with van der Waals surface area (Å²) in [6.07, 6.45) is 1.71. The van der Waals surface area contributed by atoms with Crippen LogP contribution in [-0.4, -0.2) is 26.3 Å². The van der Waals surface area contributed by atoms with Gasteiger partial charge in [-0.25, -0.2) is 0 Å². The number of rotatable bonds is 3. The molecule has 0 aliphatic heterocycles. The molecule has 0 saturated heterocycles. The zero-order valence-electron chi connectivity index (χ0n) is 10.6. The van der Waals surface area contributed by atoms with Crippen LogP contribution in [0, 0.1) is 20.8 Å². The van der Waals surface area contributed by atoms with Crippen molar-refractivity contribution in [3.63, 3.8) is 0 Å². The number of aryl methyl sites for hydroxylation is 3. The molecule has 18 heavy (non-hydrogen) atoms. The molecule has 6 heteroatoms. The molecule has 0 fully saturated rings. The first-order valence-electron chi connectivity index (χ1n) is 5.66. The Morgan fingerprint density at radius 2 is 2.11 bits per heavy atom. The Morgan fingerprint density at radius 1 is 1.33 bits per heavy atom. The summed E-state index contributed by atoms with van der Waals surface area (Å²) in [5, 5.41) is 17.4. The standard InChI is InChI=1S/C12H15N5O/c1-7-4-11(9(3)17-15-7)12(18)13-5-10-6-14-16-8(10)2/h4,6H,5H2,1-3H3,(H,13,18)(H,14,16). The van der Waals surface area contributed by atoms with E-state index in [1.807, 2.05) is 13.8 Å². The minimum absolute atomic E-state index is 0.147. The van der Waals surface area contributed by atoms with Crippen LogP contribution in [0.15, 0.2) is 12.3 Å². The van der Waals surface area contributed by atoms with Gasteiger partial charge < -0.3 is 5.32 Å². The lowest BCUT2D eigenvalue weighted by molar-refractivity contribution is 0.0949. The van der Waals surface area contributed by atoms with Crippen LogP contribution >= 0.6 is 0 Å². The Bertz CT molecular complexity index is 576. The van der Waals surface area contributed by atoms with E-state index in [1.165, 1.54) is 0 Å². The van der Waals surface area contributed by atoms with Crippen molar-refractivity contribution >= 4 is 5.91 Å². The fourth-order valence-corrected chi connectivity index (χ4v) is 1.60. The highest BCUT2D eigenvalue weighted by Gasteiger charge is 2.11. The Balaban J connectivity index is 2.08. The lowest BCUT2D eigenvalue weighted by Crippen LogP contribution is -2.24. The molecule has 0 aromatic carbocycles. The van der Waals surface area contributed by atoms with E-state index in [9.17, 15) is 4.79 Å². The van der Waals surface area contributed by atoms with Gasteiger partial charge in [0.1, 0.15) is 0 Å². The Hall–Kier alpha value is -2.24. The van der Waals surface area contributed by atoms with Crippen molar-refractivity contribution < 1.29 is 4.79 Å². The van der Waals surface area contributed by atoms with Gasteiger partial charge in [-0.05, 0) is 26.8 Å². The quantitative estimate of drug-likeness (QED) is 0.846. The number of carbonyl (C=O) groups is 1. The second-order valence-corrected chi connectivity index (χ2v) is 4.19. The third-order valence-corrected chi connectivity index (χ3v) is 2.72. The highest BCUT2D eigenvalue weighted by atomic mass is 16.1. The van der Waals surface area contributed by atoms with Crippen LogP contribution in [-0.2, 0) is 6.54 Å². The molecule has 0 aliphatic rings. The molecule has 2 aromatic heterocycles. The molecular formula is C12H15N5O. The summed E-state index contributed by atoms with van der Waals surface area (Å²) < 4.78 is 0. The summed E-state index contributed by atoms with van der Waals surface area (Å²) in [6.45, 7) is 5.94. The predicted molar refractivity (Wildman–Crippen MR) is 66.0 cm³/mol. The van der Waals surface area contributed by atoms with Gasteiger partial charge in [0.15, 0.2) is 0 Å². The summed E-state index contributed by atoms with van der Waals surface area (Å²) in [5.41, 5.74) is 3.84. The number of amides is 1. The van der Waals surface area contributed by atoms with Crippen LogP contribution in [0.1, 0.15) is 33.0 Å². The topological polar surface area (TPSA) is 83.6 Å². The molecule has 94 valence electrons. The number of hydrogen-bond acceptors (Lipinski definition) is 4. The van der Waals surface area contributed by atoms with Crippen molar-refractivity contribution in [2.45, 2.75) is 27.3 Å². The van der Waals surface area contributed by atoms with Crippen LogP contribution in [0.5, 0.6) is 0 Å². The zero-order chi connectivity index (χ0) is 13.1. The SMILES string of the molecule is Cc1cc(C(=O)NCc2cn[nH]c2C)c(C)nn1. The van der Waals surface area contributed by atoms with Gasteiger partial charge in [0.2, 0.25) is 0 Å². The first-order chi connectivity index (χ1) is 8.58. The summed E-state index contributed by atoms with van der Waals surface area (Å²) in [7, 11) is 0. The van der Waals surface area contributed by atoms with E-state index in [2.05, 4.69) is 25.7 Å². The maximum Gasteiger partial charge on any atom is 0.253 e. The molecule has 1 amide bonds. The van der Waals surface area contributed by atoms with Gasteiger partial charge in [-0.2, -0.15) is 15.3 Å². The normalized spacial score (nSPS) is 10.4. The van der Waals surface area contributed by atoms with Crippen molar-refractivity contribution in [3.8, 4) is 0 Å². The summed E-state index contributed by atoms with van der Waals surface area (Å²) >= 11 is 0. The largest absolute Gasteiger partial charge is 0.348 e. The Kier molecular flexibility index (Phi) is 3.36. The van der Waals surface area contributed by atoms with Gasteiger partial charge in [0, 0.05) is 17.8 Å². The summed E-state index contributed by atoms with van der Waals surface area (Å²) in [4.78, 5) is 12.0. The third kappa shape index (κ3) is 2.53. The fraction of sp³-hybridized carbons (Fsp3) is 0.333. The highest BCUT2D eigenvalue weighted by Crippen LogP contribution is 2.06. The monoisotopic (exact) mass is 245 g/mol. The number of H-pyrrole nitrogens is 1. The molecule has 0 atom stereocenters. The fourth-order valence-electron chi connectivity index (χ4n) is 1.60. The molecule has 0 unspecified atom stereocenters. The maximum absolute atomic E-state index is 12.0. The minimum atomic E-state index is -0.147. The van der Waals surface area contributed by atoms with Gasteiger partial charge >= 0.3 is 0 Å². The van der Waals surface area contributed by atoms with Crippen LogP contribution in [0.2, 0.25) is 0 Å². The average Bonchev–Trinajstić information content (AvgIpc) is 2.75. The van der Waals surface area contributed by atoms with E-state index in [1.54, 1.807) is 19.2 Å². The molecule has 2 heterocycles. The smallest absolute Gasteiger partial charge is 0.253 e. The predicted octanol–water partition coefficient (Wildman–Crippen LogP) is 1.05. The molecule has 0 saturated carbocycles. The van der Waals surface area contributed by atoms with Crippen molar-refractivity contribution in [1.29, 1.82) is 0 Å². The van der Waals surface area contributed by atoms with E-state index < -0.39 is 0 Å². The number of nitrogens with one attached hydrogen (secondary N) is 2. The van der Waals surface area contributed by atoms with Crippen LogP contribution in [0.25, 0.3) is 0 Å². The molecular weight excluding hydrogens is 230 g/mol. The van der Waals surface area contributed by atoms with E-state index in [-0.39, 0.29) is 5.91 Å². The van der Waals surface area contributed by atoms with Crippen LogP contribution < -0.4 is 5.32 Å². The zero-order valence-corrected chi connectivity index (χ0v) is 10.6. The van der Waals surface area contributed by atoms with E-state index in [0.717, 1.165) is 17.0 Å². The number of carbonyl (C=O) groups excluding carboxylic acids is 1. The van der Waals surface area contributed by atoms with Crippen LogP contribution in [0.3, 0.4) is 0 Å². The summed E-state index contributed by atoms with van der Waals surface area (Å²) in [5.74, 6) is -0.147. The van der Waals surface area contributed by atoms with E-state index in [0.29, 0.717) is 17.8 Å². The van der Waals surface area contributed by atoms with Crippen molar-refractivity contribution in [2.24, 2.45) is 0 Å². The Labute approximate surface area is 105 Å². The van der Waals surface area contributed by atoms with Crippen molar-refractivity contribution in [1.82, 2.24) is 25.7 Å². The van der Waals surface area contributed by atoms with Gasteiger partial charge in [-0.3, -0.25) is 9.89 Å². The first-order valence-corrected chi connectivity index (χ1v) is 5.66. The maximum atomic E-state index is 12.0. The summed E-state index contributed by atoms with van der Waals surface area (Å²) in [6, 6.07) is 1.74. The molecule has 0 aliphatic carbocycles. The number of nitrogens with zero attached hydrogens (tertiary/aromatic N) is 3. The average molecular weight is 245 g/mol. The molecule has 0 bridgehead atoms. The van der Waals surface area contributed by atoms with E-state index in [4.69, 9.17) is 0 Å². The van der Waals surface area contributed by atoms with E-state index >= 15 is 0 Å². The van der Waals surface area contributed by atoms with Crippen molar-refractivity contribution in [3.05, 3.63) is 40.5 Å². The second-order valence-electron chi connectivity index (χ2n) is 4.19. The number of aromatic amines is 1. The van der Waals surface area contributed by atoms with Crippen molar-refractivity contribution in [2.75, 3.05) is 0 Å². The Morgan fingerprint density at radius 3 is 2.78 bits per heavy atom. The highest BCUT2D eigenvalue weighted by molar-refractivity contribution is 5.95. The number of aromatic nitrogens is 4. The van der Waals surface area contributed by atoms with Gasteiger partial charge in [-0.15, -0.1) is 0 Å². The molecule has 0 radical (unpaired) electrons. The molecule has 0 spiro atoms. The van der Waals surface area contributed by atoms with Gasteiger partial charge in [0.05, 0.1) is 23.1 Å². The first kappa shape index (κ1) is 12.2. The van der Waals surface area contributed by atoms with Crippen LogP contribution in [0.4, 0.5) is 0 Å². The van der Waals surface area contributed by atoms with Gasteiger partial charge in [0.25, 0.3) is 5.91 Å². The molecule has 2 aromatic rings. The molecule has 2 N–H and O–H groups in total. The molecule has 6 nitrogen and oxygen atoms in total. The lowest BCUT2D eigenvalue weighted by atomic mass is 10.2. The van der Waals surface area contributed by atoms with Gasteiger partial charge in [-0.1, -0.05) is 0 Å². The second kappa shape index (κ2) is 4.95. The minimum Gasteiger partial charge on any atom is -0.348 e.